The van der Waals surface area contributed by atoms with Gasteiger partial charge in [-0.25, -0.2) is 14.3 Å². The number of nitrogens with two attached hydrogens (primary N) is 1. The monoisotopic (exact) mass is 267 g/mol. The number of carboxylic acid groups (broad SMARTS) is 1. The fraction of sp³-hybridized carbons (Fsp3) is 0.500. The molecule has 0 spiro atoms. The summed E-state index contributed by atoms with van der Waals surface area (Å²) in [4.78, 5) is 33.4. The van der Waals surface area contributed by atoms with E-state index in [1.165, 1.54) is 11.6 Å². The van der Waals surface area contributed by atoms with Gasteiger partial charge in [-0.1, -0.05) is 5.21 Å². The fourth-order valence-corrected chi connectivity index (χ4v) is 1.81. The molecule has 1 saturated carbocycles. The summed E-state index contributed by atoms with van der Waals surface area (Å²) in [5, 5.41) is 18.2. The number of aromatic carboxylic acids is 1. The largest absolute Gasteiger partial charge is 0.476 e. The number of carbonyl (C=O) groups excluding carboxylic acids is 2. The van der Waals surface area contributed by atoms with E-state index in [4.69, 9.17) is 10.8 Å². The number of carbonyl (C=O) groups is 3. The van der Waals surface area contributed by atoms with Crippen LogP contribution in [-0.2, 0) is 4.79 Å². The van der Waals surface area contributed by atoms with E-state index in [-0.39, 0.29) is 11.6 Å². The third-order valence-corrected chi connectivity index (χ3v) is 2.89. The number of imide groups is 1. The molecule has 0 aromatic carbocycles. The molecule has 0 saturated heterocycles. The third kappa shape index (κ3) is 2.54. The van der Waals surface area contributed by atoms with Crippen LogP contribution in [0.25, 0.3) is 0 Å². The molecule has 3 amide bonds. The molecule has 0 aliphatic heterocycles. The second kappa shape index (κ2) is 4.67. The Morgan fingerprint density at radius 1 is 1.47 bits per heavy atom. The van der Waals surface area contributed by atoms with Gasteiger partial charge < -0.3 is 10.8 Å². The molecule has 1 aromatic heterocycles. The van der Waals surface area contributed by atoms with Crippen LogP contribution in [0.4, 0.5) is 4.79 Å². The second-order valence-corrected chi connectivity index (χ2v) is 4.38. The van der Waals surface area contributed by atoms with Gasteiger partial charge in [0.2, 0.25) is 0 Å². The van der Waals surface area contributed by atoms with Crippen molar-refractivity contribution in [2.75, 3.05) is 0 Å². The predicted molar refractivity (Wildman–Crippen MR) is 61.4 cm³/mol. The summed E-state index contributed by atoms with van der Waals surface area (Å²) in [6.07, 6.45) is 1.66. The molecule has 102 valence electrons. The summed E-state index contributed by atoms with van der Waals surface area (Å²) in [7, 11) is 0. The van der Waals surface area contributed by atoms with E-state index in [1.807, 2.05) is 5.32 Å². The van der Waals surface area contributed by atoms with Gasteiger partial charge in [0, 0.05) is 5.92 Å². The minimum Gasteiger partial charge on any atom is -0.476 e. The minimum atomic E-state index is -1.18. The zero-order valence-electron chi connectivity index (χ0n) is 10.2. The predicted octanol–water partition coefficient (Wildman–Crippen LogP) is -0.390. The summed E-state index contributed by atoms with van der Waals surface area (Å²) in [5.74, 6) is -1.79. The maximum atomic E-state index is 11.7. The molecule has 1 aliphatic carbocycles. The highest BCUT2D eigenvalue weighted by molar-refractivity contribution is 5.95. The highest BCUT2D eigenvalue weighted by atomic mass is 16.4. The van der Waals surface area contributed by atoms with Gasteiger partial charge in [-0.15, -0.1) is 5.10 Å². The lowest BCUT2D eigenvalue weighted by atomic mass is 10.2. The van der Waals surface area contributed by atoms with Crippen LogP contribution in [0.2, 0.25) is 0 Å². The zero-order valence-corrected chi connectivity index (χ0v) is 10.2. The van der Waals surface area contributed by atoms with Crippen molar-refractivity contribution in [3.8, 4) is 0 Å². The lowest BCUT2D eigenvalue weighted by Crippen LogP contribution is -2.39. The number of nitrogens with one attached hydrogen (secondary N) is 1. The number of primary amides is 1. The quantitative estimate of drug-likeness (QED) is 0.678. The van der Waals surface area contributed by atoms with Crippen molar-refractivity contribution < 1.29 is 19.5 Å². The Balaban J connectivity index is 2.31. The molecule has 1 aliphatic rings. The van der Waals surface area contributed by atoms with Crippen LogP contribution in [0, 0.1) is 0 Å². The van der Waals surface area contributed by atoms with Crippen molar-refractivity contribution in [3.63, 3.8) is 0 Å². The molecule has 2 rings (SSSR count). The number of hydrogen-bond donors (Lipinski definition) is 3. The van der Waals surface area contributed by atoms with Gasteiger partial charge >= 0.3 is 12.0 Å². The van der Waals surface area contributed by atoms with E-state index in [0.717, 1.165) is 12.8 Å². The van der Waals surface area contributed by atoms with Crippen LogP contribution >= 0.6 is 0 Å². The van der Waals surface area contributed by atoms with Crippen LogP contribution in [0.1, 0.15) is 47.9 Å². The highest BCUT2D eigenvalue weighted by Crippen LogP contribution is 2.41. The van der Waals surface area contributed by atoms with Crippen molar-refractivity contribution in [1.82, 2.24) is 20.3 Å². The van der Waals surface area contributed by atoms with E-state index < -0.39 is 23.9 Å². The number of urea groups is 1. The van der Waals surface area contributed by atoms with E-state index in [1.54, 1.807) is 0 Å². The number of nitrogens with zero attached hydrogens (tertiary/aromatic N) is 3. The first-order valence-corrected chi connectivity index (χ1v) is 5.70. The Morgan fingerprint density at radius 3 is 2.58 bits per heavy atom. The molecule has 0 bridgehead atoms. The first-order valence-electron chi connectivity index (χ1n) is 5.70. The van der Waals surface area contributed by atoms with Crippen molar-refractivity contribution >= 4 is 17.9 Å². The molecule has 9 nitrogen and oxygen atoms in total. The molecule has 1 heterocycles. The lowest BCUT2D eigenvalue weighted by molar-refractivity contribution is -0.123. The SMILES string of the molecule is CC(C(=O)NC(N)=O)n1nnc(C(=O)O)c1C1CC1. The van der Waals surface area contributed by atoms with Gasteiger partial charge in [0.25, 0.3) is 5.91 Å². The van der Waals surface area contributed by atoms with Gasteiger partial charge in [-0.3, -0.25) is 10.1 Å². The topological polar surface area (TPSA) is 140 Å². The second-order valence-electron chi connectivity index (χ2n) is 4.38. The maximum absolute atomic E-state index is 11.7. The van der Waals surface area contributed by atoms with Gasteiger partial charge in [0.05, 0.1) is 5.69 Å². The number of carboxylic acids is 1. The summed E-state index contributed by atoms with van der Waals surface area (Å²) in [6.45, 7) is 1.49. The third-order valence-electron chi connectivity index (χ3n) is 2.89. The normalized spacial score (nSPS) is 15.8. The van der Waals surface area contributed by atoms with Gasteiger partial charge in [0.15, 0.2) is 5.69 Å². The molecule has 1 unspecified atom stereocenters. The van der Waals surface area contributed by atoms with Crippen molar-refractivity contribution in [2.24, 2.45) is 5.73 Å². The van der Waals surface area contributed by atoms with Crippen LogP contribution < -0.4 is 11.1 Å². The number of aromatic nitrogens is 3. The molecule has 19 heavy (non-hydrogen) atoms. The van der Waals surface area contributed by atoms with Crippen LogP contribution in [0.5, 0.6) is 0 Å². The van der Waals surface area contributed by atoms with Crippen LogP contribution in [0.3, 0.4) is 0 Å². The Kier molecular flexibility index (Phi) is 3.19. The number of rotatable bonds is 4. The van der Waals surface area contributed by atoms with Crippen molar-refractivity contribution in [3.05, 3.63) is 11.4 Å². The summed E-state index contributed by atoms with van der Waals surface area (Å²) >= 11 is 0. The van der Waals surface area contributed by atoms with Gasteiger partial charge in [-0.05, 0) is 19.8 Å². The standard InChI is InChI=1S/C10H13N5O4/c1-4(8(16)12-10(11)19)15-7(5-2-3-5)6(9(17)18)13-14-15/h4-5H,2-3H2,1H3,(H,17,18)(H3,11,12,16,19). The van der Waals surface area contributed by atoms with E-state index in [9.17, 15) is 14.4 Å². The fourth-order valence-electron chi connectivity index (χ4n) is 1.81. The Labute approximate surface area is 107 Å². The van der Waals surface area contributed by atoms with Crippen molar-refractivity contribution in [1.29, 1.82) is 0 Å². The molecule has 1 fully saturated rings. The Morgan fingerprint density at radius 2 is 2.11 bits per heavy atom. The highest BCUT2D eigenvalue weighted by Gasteiger charge is 2.36. The Bertz CT molecular complexity index is 548. The van der Waals surface area contributed by atoms with Crippen LogP contribution in [0.15, 0.2) is 0 Å². The average Bonchev–Trinajstić information content (AvgIpc) is 3.05. The average molecular weight is 267 g/mol. The lowest BCUT2D eigenvalue weighted by Gasteiger charge is -2.13. The first kappa shape index (κ1) is 13.0. The summed E-state index contributed by atoms with van der Waals surface area (Å²) in [5.41, 5.74) is 5.13. The molecule has 0 radical (unpaired) electrons. The molecule has 9 heteroatoms. The van der Waals surface area contributed by atoms with Crippen LogP contribution in [-0.4, -0.2) is 38.0 Å². The van der Waals surface area contributed by atoms with E-state index in [2.05, 4.69) is 10.3 Å². The van der Waals surface area contributed by atoms with E-state index in [0.29, 0.717) is 5.69 Å². The molecular formula is C10H13N5O4. The van der Waals surface area contributed by atoms with Gasteiger partial charge in [0.1, 0.15) is 6.04 Å². The number of hydrogen-bond acceptors (Lipinski definition) is 5. The number of amides is 3. The first-order chi connectivity index (χ1) is 8.91. The van der Waals surface area contributed by atoms with Crippen molar-refractivity contribution in [2.45, 2.75) is 31.7 Å². The molecule has 1 aromatic rings. The molecule has 4 N–H and O–H groups in total. The minimum absolute atomic E-state index is 0.0462. The zero-order chi connectivity index (χ0) is 14.2. The Hall–Kier alpha value is -2.45. The van der Waals surface area contributed by atoms with E-state index >= 15 is 0 Å². The molecular weight excluding hydrogens is 254 g/mol. The smallest absolute Gasteiger partial charge is 0.358 e. The van der Waals surface area contributed by atoms with Gasteiger partial charge in [-0.2, -0.15) is 0 Å². The summed E-state index contributed by atoms with van der Waals surface area (Å²) in [6, 6.07) is -1.83. The maximum Gasteiger partial charge on any atom is 0.358 e. The molecule has 1 atom stereocenters. The summed E-state index contributed by atoms with van der Waals surface area (Å²) < 4.78 is 1.24.